The van der Waals surface area contributed by atoms with Gasteiger partial charge in [-0.05, 0) is 30.7 Å². The van der Waals surface area contributed by atoms with Crippen LogP contribution in [0.1, 0.15) is 12.5 Å². The molecule has 4 nitrogen and oxygen atoms in total. The van der Waals surface area contributed by atoms with Crippen LogP contribution in [0.4, 0.5) is 4.39 Å². The summed E-state index contributed by atoms with van der Waals surface area (Å²) in [4.78, 5) is 4.08. The van der Waals surface area contributed by atoms with Gasteiger partial charge in [0.1, 0.15) is 5.82 Å². The van der Waals surface area contributed by atoms with Crippen molar-refractivity contribution in [3.05, 3.63) is 34.1 Å². The van der Waals surface area contributed by atoms with Crippen LogP contribution in [0, 0.1) is 5.82 Å². The Morgan fingerprint density at radius 2 is 2.10 bits per heavy atom. The minimum atomic E-state index is -0.259. The van der Waals surface area contributed by atoms with Gasteiger partial charge in [0.05, 0.1) is 6.61 Å². The van der Waals surface area contributed by atoms with Gasteiger partial charge in [0.25, 0.3) is 0 Å². The second kappa shape index (κ2) is 11.3. The summed E-state index contributed by atoms with van der Waals surface area (Å²) in [5.41, 5.74) is 0.847. The molecule has 1 rings (SSSR count). The van der Waals surface area contributed by atoms with Crippen molar-refractivity contribution in [3.63, 3.8) is 0 Å². The SMILES string of the molecule is CCOCCNC(=NC)NCc1cc(F)cc(Br)c1.I. The Kier molecular flexibility index (Phi) is 11.0. The molecule has 2 N–H and O–H groups in total. The molecule has 0 aromatic heterocycles. The average molecular weight is 460 g/mol. The third kappa shape index (κ3) is 8.01. The maximum absolute atomic E-state index is 13.2. The van der Waals surface area contributed by atoms with E-state index in [2.05, 4.69) is 31.6 Å². The number of benzene rings is 1. The molecule has 1 aromatic carbocycles. The highest BCUT2D eigenvalue weighted by molar-refractivity contribution is 14.0. The van der Waals surface area contributed by atoms with Crippen molar-refractivity contribution < 1.29 is 9.13 Å². The van der Waals surface area contributed by atoms with Gasteiger partial charge >= 0.3 is 0 Å². The predicted octanol–water partition coefficient (Wildman–Crippen LogP) is 2.91. The summed E-state index contributed by atoms with van der Waals surface area (Å²) in [7, 11) is 1.69. The van der Waals surface area contributed by atoms with E-state index >= 15 is 0 Å². The number of hydrogen-bond donors (Lipinski definition) is 2. The largest absolute Gasteiger partial charge is 0.380 e. The molecule has 0 radical (unpaired) electrons. The summed E-state index contributed by atoms with van der Waals surface area (Å²) in [6.07, 6.45) is 0. The van der Waals surface area contributed by atoms with Gasteiger partial charge in [-0.1, -0.05) is 15.9 Å². The van der Waals surface area contributed by atoms with Crippen LogP contribution in [-0.2, 0) is 11.3 Å². The first-order valence-electron chi connectivity index (χ1n) is 6.13. The standard InChI is InChI=1S/C13H19BrFN3O.HI/c1-3-19-5-4-17-13(16-2)18-9-10-6-11(14)8-12(15)7-10;/h6-8H,3-5,9H2,1-2H3,(H2,16,17,18);1H. The lowest BCUT2D eigenvalue weighted by Gasteiger charge is -2.12. The fourth-order valence-corrected chi connectivity index (χ4v) is 2.02. The zero-order valence-corrected chi connectivity index (χ0v) is 15.5. The third-order valence-corrected chi connectivity index (χ3v) is 2.81. The van der Waals surface area contributed by atoms with Gasteiger partial charge in [-0.2, -0.15) is 0 Å². The highest BCUT2D eigenvalue weighted by Crippen LogP contribution is 2.14. The van der Waals surface area contributed by atoms with E-state index in [9.17, 15) is 4.39 Å². The summed E-state index contributed by atoms with van der Waals surface area (Å²) in [5.74, 6) is 0.408. The van der Waals surface area contributed by atoms with E-state index in [1.54, 1.807) is 7.05 Å². The molecule has 0 saturated heterocycles. The molecule has 0 saturated carbocycles. The number of nitrogens with one attached hydrogen (secondary N) is 2. The van der Waals surface area contributed by atoms with Gasteiger partial charge in [0, 0.05) is 31.2 Å². The first-order chi connectivity index (χ1) is 9.15. The fourth-order valence-electron chi connectivity index (χ4n) is 1.51. The molecule has 20 heavy (non-hydrogen) atoms. The fraction of sp³-hybridized carbons (Fsp3) is 0.462. The topological polar surface area (TPSA) is 45.6 Å². The molecule has 0 bridgehead atoms. The minimum Gasteiger partial charge on any atom is -0.380 e. The lowest BCUT2D eigenvalue weighted by molar-refractivity contribution is 0.152. The number of ether oxygens (including phenoxy) is 1. The molecule has 1 aromatic rings. The van der Waals surface area contributed by atoms with Gasteiger partial charge in [0.15, 0.2) is 5.96 Å². The first kappa shape index (κ1) is 19.6. The highest BCUT2D eigenvalue weighted by atomic mass is 127. The van der Waals surface area contributed by atoms with Crippen LogP contribution in [0.3, 0.4) is 0 Å². The molecule has 0 heterocycles. The lowest BCUT2D eigenvalue weighted by Crippen LogP contribution is -2.38. The average Bonchev–Trinajstić information content (AvgIpc) is 2.37. The molecule has 0 aliphatic rings. The molecule has 0 atom stereocenters. The summed E-state index contributed by atoms with van der Waals surface area (Å²) in [6.45, 7) is 4.47. The van der Waals surface area contributed by atoms with Crippen molar-refractivity contribution in [1.82, 2.24) is 10.6 Å². The lowest BCUT2D eigenvalue weighted by atomic mass is 10.2. The first-order valence-corrected chi connectivity index (χ1v) is 6.92. The third-order valence-electron chi connectivity index (χ3n) is 2.35. The van der Waals surface area contributed by atoms with Gasteiger partial charge in [0.2, 0.25) is 0 Å². The Hall–Kier alpha value is -0.410. The molecular formula is C13H20BrFIN3O. The molecule has 0 unspecified atom stereocenters. The van der Waals surface area contributed by atoms with Crippen molar-refractivity contribution in [2.45, 2.75) is 13.5 Å². The van der Waals surface area contributed by atoms with Crippen molar-refractivity contribution in [3.8, 4) is 0 Å². The second-order valence-electron chi connectivity index (χ2n) is 3.83. The van der Waals surface area contributed by atoms with Crippen LogP contribution in [0.5, 0.6) is 0 Å². The second-order valence-corrected chi connectivity index (χ2v) is 4.74. The molecule has 114 valence electrons. The van der Waals surface area contributed by atoms with Crippen molar-refractivity contribution in [2.75, 3.05) is 26.8 Å². The monoisotopic (exact) mass is 459 g/mol. The number of rotatable bonds is 6. The highest BCUT2D eigenvalue weighted by Gasteiger charge is 2.01. The van der Waals surface area contributed by atoms with E-state index in [1.807, 2.05) is 13.0 Å². The van der Waals surface area contributed by atoms with Gasteiger partial charge < -0.3 is 15.4 Å². The summed E-state index contributed by atoms with van der Waals surface area (Å²) in [5, 5.41) is 6.23. The molecule has 0 aliphatic heterocycles. The molecule has 0 amide bonds. The normalized spacial score (nSPS) is 10.9. The molecule has 0 fully saturated rings. The zero-order valence-electron chi connectivity index (χ0n) is 11.6. The van der Waals surface area contributed by atoms with Crippen LogP contribution in [0.2, 0.25) is 0 Å². The van der Waals surface area contributed by atoms with E-state index in [-0.39, 0.29) is 29.8 Å². The Bertz CT molecular complexity index is 412. The summed E-state index contributed by atoms with van der Waals surface area (Å²) < 4.78 is 19.1. The van der Waals surface area contributed by atoms with Crippen molar-refractivity contribution >= 4 is 45.9 Å². The number of hydrogen-bond acceptors (Lipinski definition) is 2. The van der Waals surface area contributed by atoms with E-state index in [0.29, 0.717) is 32.3 Å². The Morgan fingerprint density at radius 3 is 2.70 bits per heavy atom. The van der Waals surface area contributed by atoms with E-state index < -0.39 is 0 Å². The maximum atomic E-state index is 13.2. The Balaban J connectivity index is 0.00000361. The van der Waals surface area contributed by atoms with E-state index in [0.717, 1.165) is 10.0 Å². The number of halogens is 3. The smallest absolute Gasteiger partial charge is 0.191 e. The quantitative estimate of drug-likeness (QED) is 0.297. The van der Waals surface area contributed by atoms with Crippen LogP contribution in [0.25, 0.3) is 0 Å². The summed E-state index contributed by atoms with van der Waals surface area (Å²) >= 11 is 3.27. The number of guanidine groups is 1. The van der Waals surface area contributed by atoms with Crippen molar-refractivity contribution in [2.24, 2.45) is 4.99 Å². The molecule has 7 heteroatoms. The molecular weight excluding hydrogens is 440 g/mol. The van der Waals surface area contributed by atoms with Crippen LogP contribution in [-0.4, -0.2) is 32.8 Å². The van der Waals surface area contributed by atoms with Gasteiger partial charge in [-0.3, -0.25) is 4.99 Å². The van der Waals surface area contributed by atoms with Crippen molar-refractivity contribution in [1.29, 1.82) is 0 Å². The van der Waals surface area contributed by atoms with Gasteiger partial charge in [-0.25, -0.2) is 4.39 Å². The summed E-state index contributed by atoms with van der Waals surface area (Å²) in [6, 6.07) is 4.79. The van der Waals surface area contributed by atoms with Crippen LogP contribution in [0.15, 0.2) is 27.7 Å². The van der Waals surface area contributed by atoms with E-state index in [4.69, 9.17) is 4.74 Å². The van der Waals surface area contributed by atoms with Crippen LogP contribution >= 0.6 is 39.9 Å². The molecule has 0 aliphatic carbocycles. The van der Waals surface area contributed by atoms with E-state index in [1.165, 1.54) is 12.1 Å². The van der Waals surface area contributed by atoms with Gasteiger partial charge in [-0.15, -0.1) is 24.0 Å². The Labute approximate surface area is 144 Å². The minimum absolute atomic E-state index is 0. The maximum Gasteiger partial charge on any atom is 0.191 e. The van der Waals surface area contributed by atoms with Crippen LogP contribution < -0.4 is 10.6 Å². The zero-order chi connectivity index (χ0) is 14.1. The predicted molar refractivity (Wildman–Crippen MR) is 94.2 cm³/mol. The molecule has 0 spiro atoms. The number of aliphatic imine (C=N–C) groups is 1. The Morgan fingerprint density at radius 1 is 1.35 bits per heavy atom. The number of nitrogens with zero attached hydrogens (tertiary/aromatic N) is 1.